The van der Waals surface area contributed by atoms with E-state index in [9.17, 15) is 9.59 Å². The Hall–Kier alpha value is -3.38. The van der Waals surface area contributed by atoms with E-state index in [4.69, 9.17) is 4.98 Å². The molecule has 174 valence electrons. The number of fused-ring (bicyclic) bond motifs is 1. The molecule has 4 aromatic rings. The van der Waals surface area contributed by atoms with Crippen LogP contribution >= 0.6 is 11.8 Å². The molecule has 1 aromatic heterocycles. The normalized spacial score (nSPS) is 11.6. The summed E-state index contributed by atoms with van der Waals surface area (Å²) in [4.78, 5) is 31.1. The van der Waals surface area contributed by atoms with Crippen LogP contribution in [0.25, 0.3) is 16.6 Å². The van der Waals surface area contributed by atoms with Crippen molar-refractivity contribution in [1.29, 1.82) is 0 Å². The lowest BCUT2D eigenvalue weighted by atomic mass is 9.86. The van der Waals surface area contributed by atoms with Crippen LogP contribution in [0.2, 0.25) is 0 Å². The van der Waals surface area contributed by atoms with E-state index < -0.39 is 0 Å². The molecule has 0 fully saturated rings. The van der Waals surface area contributed by atoms with Crippen molar-refractivity contribution in [3.05, 3.63) is 93.8 Å². The second kappa shape index (κ2) is 9.47. The van der Waals surface area contributed by atoms with Crippen LogP contribution in [0.5, 0.6) is 0 Å². The molecule has 0 unspecified atom stereocenters. The van der Waals surface area contributed by atoms with Crippen LogP contribution in [0.4, 0.5) is 5.69 Å². The van der Waals surface area contributed by atoms with Crippen LogP contribution in [0, 0.1) is 13.8 Å². The average Bonchev–Trinajstić information content (AvgIpc) is 2.77. The zero-order valence-corrected chi connectivity index (χ0v) is 21.0. The van der Waals surface area contributed by atoms with Crippen LogP contribution in [0.3, 0.4) is 0 Å². The van der Waals surface area contributed by atoms with Gasteiger partial charge < -0.3 is 5.32 Å². The van der Waals surface area contributed by atoms with Crippen molar-refractivity contribution in [3.63, 3.8) is 0 Å². The second-order valence-electron chi connectivity index (χ2n) is 9.53. The Morgan fingerprint density at radius 2 is 1.62 bits per heavy atom. The summed E-state index contributed by atoms with van der Waals surface area (Å²) < 4.78 is 1.61. The molecule has 0 aliphatic heterocycles. The molecule has 4 rings (SSSR count). The molecule has 3 aromatic carbocycles. The third kappa shape index (κ3) is 5.07. The van der Waals surface area contributed by atoms with E-state index in [0.717, 1.165) is 28.1 Å². The molecule has 6 heteroatoms. The van der Waals surface area contributed by atoms with Gasteiger partial charge >= 0.3 is 0 Å². The summed E-state index contributed by atoms with van der Waals surface area (Å²) in [6.07, 6.45) is 0. The lowest BCUT2D eigenvalue weighted by Crippen LogP contribution is -2.23. The van der Waals surface area contributed by atoms with E-state index in [1.165, 1.54) is 11.8 Å². The first-order chi connectivity index (χ1) is 16.1. The molecular formula is C28H29N3O2S. The van der Waals surface area contributed by atoms with Crippen molar-refractivity contribution in [1.82, 2.24) is 9.55 Å². The fraction of sp³-hybridized carbons (Fsp3) is 0.250. The quantitative estimate of drug-likeness (QED) is 0.285. The molecule has 0 saturated heterocycles. The van der Waals surface area contributed by atoms with E-state index in [0.29, 0.717) is 16.1 Å². The molecule has 34 heavy (non-hydrogen) atoms. The highest BCUT2D eigenvalue weighted by atomic mass is 32.2. The van der Waals surface area contributed by atoms with Gasteiger partial charge in [0.25, 0.3) is 5.56 Å². The van der Waals surface area contributed by atoms with Gasteiger partial charge in [0.1, 0.15) is 0 Å². The number of aromatic nitrogens is 2. The second-order valence-corrected chi connectivity index (χ2v) is 10.5. The lowest BCUT2D eigenvalue weighted by Gasteiger charge is -2.23. The zero-order chi connectivity index (χ0) is 24.5. The monoisotopic (exact) mass is 471 g/mol. The van der Waals surface area contributed by atoms with Gasteiger partial charge in [-0.1, -0.05) is 68.9 Å². The van der Waals surface area contributed by atoms with Crippen LogP contribution in [0.1, 0.15) is 37.5 Å². The number of thioether (sulfide) groups is 1. The molecular weight excluding hydrogens is 442 g/mol. The van der Waals surface area contributed by atoms with Gasteiger partial charge in [0.05, 0.1) is 22.3 Å². The number of hydrogen-bond donors (Lipinski definition) is 1. The maximum atomic E-state index is 13.5. The molecule has 0 saturated carbocycles. The Balaban J connectivity index is 1.69. The predicted molar refractivity (Wildman–Crippen MR) is 141 cm³/mol. The molecule has 1 heterocycles. The largest absolute Gasteiger partial charge is 0.325 e. The zero-order valence-electron chi connectivity index (χ0n) is 20.2. The van der Waals surface area contributed by atoms with Gasteiger partial charge in [0, 0.05) is 5.69 Å². The molecule has 0 bridgehead atoms. The van der Waals surface area contributed by atoms with Crippen LogP contribution in [-0.2, 0) is 10.2 Å². The number of para-hydroxylation sites is 2. The fourth-order valence-corrected chi connectivity index (χ4v) is 4.89. The molecule has 0 aliphatic carbocycles. The minimum absolute atomic E-state index is 0.0968. The van der Waals surface area contributed by atoms with E-state index in [1.54, 1.807) is 10.6 Å². The number of rotatable bonds is 5. The summed E-state index contributed by atoms with van der Waals surface area (Å²) in [6, 6.07) is 21.2. The Kier molecular flexibility index (Phi) is 6.62. The van der Waals surface area contributed by atoms with E-state index in [-0.39, 0.29) is 22.6 Å². The Morgan fingerprint density at radius 3 is 2.32 bits per heavy atom. The predicted octanol–water partition coefficient (Wildman–Crippen LogP) is 6.03. The van der Waals surface area contributed by atoms with E-state index in [1.807, 2.05) is 68.4 Å². The molecule has 1 N–H and O–H groups in total. The number of aryl methyl sites for hydroxylation is 2. The fourth-order valence-electron chi connectivity index (χ4n) is 4.08. The number of hydrogen-bond acceptors (Lipinski definition) is 4. The SMILES string of the molecule is Cc1cc(C)cc(-n2c(SCC(=O)Nc3ccccc3C(C)(C)C)nc3ccccc3c2=O)c1. The van der Waals surface area contributed by atoms with Crippen molar-refractivity contribution in [2.45, 2.75) is 45.2 Å². The van der Waals surface area contributed by atoms with Gasteiger partial charge in [-0.2, -0.15) is 0 Å². The third-order valence-corrected chi connectivity index (χ3v) is 6.49. The number of anilines is 1. The Bertz CT molecular complexity index is 1410. The Morgan fingerprint density at radius 1 is 0.971 bits per heavy atom. The first-order valence-corrected chi connectivity index (χ1v) is 12.2. The lowest BCUT2D eigenvalue weighted by molar-refractivity contribution is -0.113. The van der Waals surface area contributed by atoms with Crippen molar-refractivity contribution in [2.24, 2.45) is 0 Å². The highest BCUT2D eigenvalue weighted by molar-refractivity contribution is 7.99. The molecule has 0 aliphatic rings. The van der Waals surface area contributed by atoms with Crippen molar-refractivity contribution in [3.8, 4) is 5.69 Å². The molecule has 0 atom stereocenters. The number of carbonyl (C=O) groups excluding carboxylic acids is 1. The summed E-state index contributed by atoms with van der Waals surface area (Å²) in [5.74, 6) is -0.00953. The third-order valence-electron chi connectivity index (χ3n) is 5.55. The minimum Gasteiger partial charge on any atom is -0.325 e. The van der Waals surface area contributed by atoms with E-state index in [2.05, 4.69) is 32.2 Å². The Labute approximate surface area is 204 Å². The number of benzene rings is 3. The smallest absolute Gasteiger partial charge is 0.266 e. The number of carbonyl (C=O) groups is 1. The maximum Gasteiger partial charge on any atom is 0.266 e. The van der Waals surface area contributed by atoms with Gasteiger partial charge in [0.2, 0.25) is 5.91 Å². The summed E-state index contributed by atoms with van der Waals surface area (Å²) in [6.45, 7) is 10.4. The number of nitrogens with one attached hydrogen (secondary N) is 1. The van der Waals surface area contributed by atoms with Crippen molar-refractivity contribution in [2.75, 3.05) is 11.1 Å². The first-order valence-electron chi connectivity index (χ1n) is 11.3. The van der Waals surface area contributed by atoms with Gasteiger partial charge in [-0.25, -0.2) is 4.98 Å². The topological polar surface area (TPSA) is 64.0 Å². The van der Waals surface area contributed by atoms with Gasteiger partial charge in [-0.05, 0) is 66.3 Å². The maximum absolute atomic E-state index is 13.5. The number of nitrogens with zero attached hydrogens (tertiary/aromatic N) is 2. The summed E-state index contributed by atoms with van der Waals surface area (Å²) in [5, 5.41) is 4.09. The molecule has 0 spiro atoms. The van der Waals surface area contributed by atoms with Crippen molar-refractivity contribution >= 4 is 34.3 Å². The molecule has 0 radical (unpaired) electrons. The van der Waals surface area contributed by atoms with E-state index >= 15 is 0 Å². The highest BCUT2D eigenvalue weighted by Crippen LogP contribution is 2.30. The standard InChI is InChI=1S/C28H29N3O2S/c1-18-14-19(2)16-20(15-18)31-26(33)21-10-6-8-12-23(21)30-27(31)34-17-25(32)29-24-13-9-7-11-22(24)28(3,4)5/h6-16H,17H2,1-5H3,(H,29,32). The van der Waals surface area contributed by atoms with Crippen molar-refractivity contribution < 1.29 is 4.79 Å². The first kappa shape index (κ1) is 23.8. The average molecular weight is 472 g/mol. The minimum atomic E-state index is -0.143. The summed E-state index contributed by atoms with van der Waals surface area (Å²) in [5.41, 5.74) is 5.13. The van der Waals surface area contributed by atoms with Crippen LogP contribution < -0.4 is 10.9 Å². The highest BCUT2D eigenvalue weighted by Gasteiger charge is 2.19. The van der Waals surface area contributed by atoms with Gasteiger partial charge in [0.15, 0.2) is 5.16 Å². The molecule has 1 amide bonds. The number of amides is 1. The van der Waals surface area contributed by atoms with Crippen LogP contribution in [0.15, 0.2) is 76.7 Å². The van der Waals surface area contributed by atoms with Crippen LogP contribution in [-0.4, -0.2) is 21.2 Å². The summed E-state index contributed by atoms with van der Waals surface area (Å²) in [7, 11) is 0. The molecule has 5 nitrogen and oxygen atoms in total. The van der Waals surface area contributed by atoms with Gasteiger partial charge in [-0.3, -0.25) is 14.2 Å². The van der Waals surface area contributed by atoms with Gasteiger partial charge in [-0.15, -0.1) is 0 Å². The summed E-state index contributed by atoms with van der Waals surface area (Å²) >= 11 is 1.26.